The van der Waals surface area contributed by atoms with Crippen molar-refractivity contribution in [2.75, 3.05) is 0 Å². The van der Waals surface area contributed by atoms with Crippen molar-refractivity contribution < 1.29 is 8.78 Å². The van der Waals surface area contributed by atoms with Gasteiger partial charge < -0.3 is 0 Å². The Morgan fingerprint density at radius 3 is 1.95 bits per heavy atom. The third-order valence-corrected chi connectivity index (χ3v) is 3.15. The van der Waals surface area contributed by atoms with Crippen LogP contribution in [0.25, 0.3) is 21.5 Å². The van der Waals surface area contributed by atoms with Crippen LogP contribution in [0.5, 0.6) is 0 Å². The van der Waals surface area contributed by atoms with Gasteiger partial charge in [0.05, 0.1) is 6.08 Å². The Balaban J connectivity index is 2.38. The average Bonchev–Trinajstić information content (AvgIpc) is 2.46. The minimum atomic E-state index is -1.78. The van der Waals surface area contributed by atoms with Crippen LogP contribution < -0.4 is 0 Å². The highest BCUT2D eigenvalue weighted by molar-refractivity contribution is 6.04. The third-order valence-electron chi connectivity index (χ3n) is 3.15. The smallest absolute Gasteiger partial charge is 0.173 e. The fourth-order valence-electron chi connectivity index (χ4n) is 2.31. The number of hydrogen-bond acceptors (Lipinski definition) is 0. The number of rotatable bonds is 0. The number of halogens is 2. The molecule has 0 nitrogen and oxygen atoms in total. The van der Waals surface area contributed by atoms with E-state index in [-0.39, 0.29) is 0 Å². The van der Waals surface area contributed by atoms with Gasteiger partial charge in [-0.1, -0.05) is 60.4 Å². The molecule has 0 saturated heterocycles. The maximum absolute atomic E-state index is 12.1. The van der Waals surface area contributed by atoms with Crippen LogP contribution in [0.4, 0.5) is 8.78 Å². The molecule has 2 heteroatoms. The molecular weight excluding hydrogens is 254 g/mol. The van der Waals surface area contributed by atoms with Gasteiger partial charge in [0.25, 0.3) is 6.08 Å². The summed E-state index contributed by atoms with van der Waals surface area (Å²) in [5.41, 5.74) is 0.788. The summed E-state index contributed by atoms with van der Waals surface area (Å²) in [4.78, 5) is 0. The van der Waals surface area contributed by atoms with Gasteiger partial charge in [0.2, 0.25) is 0 Å². The third kappa shape index (κ3) is 2.26. The molecule has 0 heterocycles. The van der Waals surface area contributed by atoms with Crippen LogP contribution in [0, 0.1) is 11.8 Å². The highest BCUT2D eigenvalue weighted by Crippen LogP contribution is 2.27. The van der Waals surface area contributed by atoms with Gasteiger partial charge in [-0.15, -0.1) is 0 Å². The lowest BCUT2D eigenvalue weighted by atomic mass is 9.97. The Morgan fingerprint density at radius 2 is 1.40 bits per heavy atom. The van der Waals surface area contributed by atoms with Crippen molar-refractivity contribution in [3.05, 3.63) is 72.3 Å². The normalized spacial score (nSPS) is 10.1. The first-order valence-corrected chi connectivity index (χ1v) is 6.19. The molecule has 0 fully saturated rings. The van der Waals surface area contributed by atoms with Gasteiger partial charge in [0, 0.05) is 5.56 Å². The quantitative estimate of drug-likeness (QED) is 0.390. The Kier molecular flexibility index (Phi) is 3.18. The van der Waals surface area contributed by atoms with E-state index >= 15 is 0 Å². The summed E-state index contributed by atoms with van der Waals surface area (Å²) >= 11 is 0. The highest BCUT2D eigenvalue weighted by Gasteiger charge is 2.04. The van der Waals surface area contributed by atoms with Crippen LogP contribution in [0.15, 0.2) is 66.8 Å². The molecule has 3 rings (SSSR count). The van der Waals surface area contributed by atoms with Crippen LogP contribution in [-0.2, 0) is 0 Å². The Bertz CT molecular complexity index is 822. The van der Waals surface area contributed by atoms with E-state index in [1.807, 2.05) is 48.5 Å². The van der Waals surface area contributed by atoms with E-state index in [9.17, 15) is 8.78 Å². The minimum absolute atomic E-state index is 0.635. The van der Waals surface area contributed by atoms with E-state index in [4.69, 9.17) is 0 Å². The van der Waals surface area contributed by atoms with Crippen LogP contribution >= 0.6 is 0 Å². The second kappa shape index (κ2) is 5.14. The van der Waals surface area contributed by atoms with Gasteiger partial charge in [0.1, 0.15) is 0 Å². The average molecular weight is 264 g/mol. The molecule has 0 radical (unpaired) electrons. The topological polar surface area (TPSA) is 0 Å². The first kappa shape index (κ1) is 12.4. The predicted octanol–water partition coefficient (Wildman–Crippen LogP) is 5.12. The summed E-state index contributed by atoms with van der Waals surface area (Å²) in [6, 6.07) is 17.8. The summed E-state index contributed by atoms with van der Waals surface area (Å²) < 4.78 is 24.2. The number of benzene rings is 3. The molecule has 0 aromatic heterocycles. The molecule has 0 atom stereocenters. The van der Waals surface area contributed by atoms with Gasteiger partial charge in [-0.3, -0.25) is 0 Å². The lowest BCUT2D eigenvalue weighted by Crippen LogP contribution is -1.84. The maximum Gasteiger partial charge on any atom is 0.278 e. The molecule has 0 saturated carbocycles. The van der Waals surface area contributed by atoms with Crippen molar-refractivity contribution in [3.8, 4) is 11.8 Å². The molecule has 0 unspecified atom stereocenters. The Hall–Kier alpha value is -2.66. The van der Waals surface area contributed by atoms with E-state index in [0.29, 0.717) is 6.08 Å². The zero-order valence-electron chi connectivity index (χ0n) is 10.5. The van der Waals surface area contributed by atoms with Gasteiger partial charge in [-0.05, 0) is 27.6 Å². The molecule has 3 aromatic carbocycles. The molecular formula is C18H10F2. The van der Waals surface area contributed by atoms with Crippen molar-refractivity contribution in [1.82, 2.24) is 0 Å². The van der Waals surface area contributed by atoms with Crippen molar-refractivity contribution in [2.24, 2.45) is 0 Å². The summed E-state index contributed by atoms with van der Waals surface area (Å²) in [5.74, 6) is 5.28. The second-order valence-corrected chi connectivity index (χ2v) is 4.40. The SMILES string of the molecule is FC(F)=CC#Cc1c2ccccc2cc2ccccc12. The second-order valence-electron chi connectivity index (χ2n) is 4.40. The zero-order chi connectivity index (χ0) is 13.9. The van der Waals surface area contributed by atoms with Crippen LogP contribution in [0.1, 0.15) is 5.56 Å². The number of allylic oxidation sites excluding steroid dienone is 1. The summed E-state index contributed by atoms with van der Waals surface area (Å²) in [6.07, 6.45) is -1.14. The molecule has 0 amide bonds. The molecule has 0 aliphatic carbocycles. The van der Waals surface area contributed by atoms with E-state index in [2.05, 4.69) is 17.9 Å². The summed E-state index contributed by atoms with van der Waals surface area (Å²) in [5, 5.41) is 4.07. The molecule has 0 aliphatic heterocycles. The van der Waals surface area contributed by atoms with Crippen LogP contribution in [-0.4, -0.2) is 0 Å². The van der Waals surface area contributed by atoms with Crippen molar-refractivity contribution in [2.45, 2.75) is 0 Å². The minimum Gasteiger partial charge on any atom is -0.173 e. The molecule has 0 spiro atoms. The molecule has 0 bridgehead atoms. The van der Waals surface area contributed by atoms with Crippen molar-refractivity contribution in [3.63, 3.8) is 0 Å². The Morgan fingerprint density at radius 1 is 0.850 bits per heavy atom. The number of fused-ring (bicyclic) bond motifs is 2. The van der Waals surface area contributed by atoms with E-state index in [1.54, 1.807) is 0 Å². The highest BCUT2D eigenvalue weighted by atomic mass is 19.3. The molecule has 3 aromatic rings. The monoisotopic (exact) mass is 264 g/mol. The predicted molar refractivity (Wildman–Crippen MR) is 78.6 cm³/mol. The summed E-state index contributed by atoms with van der Waals surface area (Å²) in [6.45, 7) is 0. The summed E-state index contributed by atoms with van der Waals surface area (Å²) in [7, 11) is 0. The fourth-order valence-corrected chi connectivity index (χ4v) is 2.31. The molecule has 0 aliphatic rings. The Labute approximate surface area is 115 Å². The fraction of sp³-hybridized carbons (Fsp3) is 0. The van der Waals surface area contributed by atoms with Crippen molar-refractivity contribution >= 4 is 21.5 Å². The van der Waals surface area contributed by atoms with Crippen LogP contribution in [0.2, 0.25) is 0 Å². The molecule has 0 N–H and O–H groups in total. The van der Waals surface area contributed by atoms with Crippen LogP contribution in [0.3, 0.4) is 0 Å². The first-order chi connectivity index (χ1) is 9.75. The van der Waals surface area contributed by atoms with Gasteiger partial charge in [0.15, 0.2) is 0 Å². The zero-order valence-corrected chi connectivity index (χ0v) is 10.5. The lowest BCUT2D eigenvalue weighted by Gasteiger charge is -2.06. The van der Waals surface area contributed by atoms with Gasteiger partial charge >= 0.3 is 0 Å². The standard InChI is InChI=1S/C18H10F2/c19-18(20)11-5-10-17-15-8-3-1-6-13(15)12-14-7-2-4-9-16(14)17/h1-4,6-9,11-12H. The molecule has 96 valence electrons. The first-order valence-electron chi connectivity index (χ1n) is 6.19. The van der Waals surface area contributed by atoms with Gasteiger partial charge in [-0.25, -0.2) is 0 Å². The lowest BCUT2D eigenvalue weighted by molar-refractivity contribution is 0.422. The molecule has 20 heavy (non-hydrogen) atoms. The van der Waals surface area contributed by atoms with E-state index in [1.165, 1.54) is 0 Å². The maximum atomic E-state index is 12.1. The van der Waals surface area contributed by atoms with Crippen molar-refractivity contribution in [1.29, 1.82) is 0 Å². The largest absolute Gasteiger partial charge is 0.278 e. The van der Waals surface area contributed by atoms with Gasteiger partial charge in [-0.2, -0.15) is 8.78 Å². The van der Waals surface area contributed by atoms with E-state index in [0.717, 1.165) is 27.1 Å². The number of hydrogen-bond donors (Lipinski definition) is 0. The van der Waals surface area contributed by atoms with E-state index < -0.39 is 6.08 Å².